The highest BCUT2D eigenvalue weighted by Gasteiger charge is 2.07. The van der Waals surface area contributed by atoms with E-state index in [1.54, 1.807) is 20.3 Å². The predicted octanol–water partition coefficient (Wildman–Crippen LogP) is 2.11. The van der Waals surface area contributed by atoms with Gasteiger partial charge in [-0.2, -0.15) is 0 Å². The molecule has 0 aliphatic rings. The molecular formula is C12H14O4. The zero-order valence-electron chi connectivity index (χ0n) is 9.48. The van der Waals surface area contributed by atoms with Gasteiger partial charge in [0.05, 0.1) is 14.2 Å². The Kier molecular flexibility index (Phi) is 3.94. The molecule has 1 N–H and O–H groups in total. The largest absolute Gasteiger partial charge is 0.497 e. The first-order chi connectivity index (χ1) is 7.58. The van der Waals surface area contributed by atoms with Crippen molar-refractivity contribution in [2.45, 2.75) is 6.92 Å². The van der Waals surface area contributed by atoms with Gasteiger partial charge in [-0.25, -0.2) is 4.79 Å². The molecule has 1 aromatic carbocycles. The summed E-state index contributed by atoms with van der Waals surface area (Å²) >= 11 is 0. The maximum absolute atomic E-state index is 10.5. The molecule has 0 amide bonds. The van der Waals surface area contributed by atoms with Gasteiger partial charge in [0.2, 0.25) is 0 Å². The maximum Gasteiger partial charge on any atom is 0.328 e. The van der Waals surface area contributed by atoms with Gasteiger partial charge in [-0.1, -0.05) is 0 Å². The maximum atomic E-state index is 10.5. The highest BCUT2D eigenvalue weighted by atomic mass is 16.5. The zero-order chi connectivity index (χ0) is 12.1. The van der Waals surface area contributed by atoms with Crippen molar-refractivity contribution in [2.75, 3.05) is 14.2 Å². The Labute approximate surface area is 94.1 Å². The second-order valence-electron chi connectivity index (χ2n) is 3.24. The number of hydrogen-bond acceptors (Lipinski definition) is 3. The molecule has 0 unspecified atom stereocenters. The van der Waals surface area contributed by atoms with Crippen molar-refractivity contribution in [1.82, 2.24) is 0 Å². The van der Waals surface area contributed by atoms with Crippen molar-refractivity contribution in [3.05, 3.63) is 29.3 Å². The van der Waals surface area contributed by atoms with E-state index in [1.807, 2.05) is 13.0 Å². The van der Waals surface area contributed by atoms with E-state index in [2.05, 4.69) is 0 Å². The van der Waals surface area contributed by atoms with Crippen LogP contribution < -0.4 is 9.47 Å². The lowest BCUT2D eigenvalue weighted by molar-refractivity contribution is -0.131. The molecule has 1 rings (SSSR count). The third kappa shape index (κ3) is 2.76. The summed E-state index contributed by atoms with van der Waals surface area (Å²) in [5.41, 5.74) is 1.58. The van der Waals surface area contributed by atoms with Gasteiger partial charge in [-0.3, -0.25) is 0 Å². The minimum Gasteiger partial charge on any atom is -0.497 e. The fourth-order valence-electron chi connectivity index (χ4n) is 1.45. The molecule has 0 aromatic heterocycles. The lowest BCUT2D eigenvalue weighted by atomic mass is 10.1. The first-order valence-corrected chi connectivity index (χ1v) is 4.72. The quantitative estimate of drug-likeness (QED) is 0.793. The van der Waals surface area contributed by atoms with Crippen molar-refractivity contribution in [1.29, 1.82) is 0 Å². The van der Waals surface area contributed by atoms with E-state index in [1.165, 1.54) is 6.08 Å². The number of carboxylic acid groups (broad SMARTS) is 1. The Morgan fingerprint density at radius 2 is 2.00 bits per heavy atom. The highest BCUT2D eigenvalue weighted by Crippen LogP contribution is 2.29. The number of benzene rings is 1. The molecule has 0 aliphatic carbocycles. The number of aryl methyl sites for hydroxylation is 1. The molecule has 0 fully saturated rings. The van der Waals surface area contributed by atoms with E-state index in [0.717, 1.165) is 11.6 Å². The minimum absolute atomic E-state index is 0.651. The fraction of sp³-hybridized carbons (Fsp3) is 0.250. The topological polar surface area (TPSA) is 55.8 Å². The fourth-order valence-corrected chi connectivity index (χ4v) is 1.45. The van der Waals surface area contributed by atoms with Gasteiger partial charge in [0.25, 0.3) is 0 Å². The van der Waals surface area contributed by atoms with E-state index in [4.69, 9.17) is 14.6 Å². The number of aliphatic carboxylic acids is 1. The Morgan fingerprint density at radius 1 is 1.31 bits per heavy atom. The molecule has 0 aliphatic heterocycles. The molecule has 16 heavy (non-hydrogen) atoms. The summed E-state index contributed by atoms with van der Waals surface area (Å²) in [4.78, 5) is 10.5. The SMILES string of the molecule is COc1cc(C)c(OC)c(/C=C/C(=O)O)c1. The molecule has 0 saturated heterocycles. The van der Waals surface area contributed by atoms with Gasteiger partial charge in [0.15, 0.2) is 0 Å². The predicted molar refractivity (Wildman–Crippen MR) is 61.0 cm³/mol. The van der Waals surface area contributed by atoms with Crippen LogP contribution in [-0.2, 0) is 4.79 Å². The highest BCUT2D eigenvalue weighted by molar-refractivity contribution is 5.86. The van der Waals surface area contributed by atoms with Gasteiger partial charge >= 0.3 is 5.97 Å². The summed E-state index contributed by atoms with van der Waals surface area (Å²) in [5.74, 6) is 0.323. The molecule has 1 aromatic rings. The molecule has 0 atom stereocenters. The Morgan fingerprint density at radius 3 is 2.50 bits per heavy atom. The summed E-state index contributed by atoms with van der Waals surface area (Å²) in [7, 11) is 3.11. The normalized spacial score (nSPS) is 10.4. The van der Waals surface area contributed by atoms with E-state index in [9.17, 15) is 4.79 Å². The molecule has 86 valence electrons. The lowest BCUT2D eigenvalue weighted by Crippen LogP contribution is -1.94. The minimum atomic E-state index is -0.998. The van der Waals surface area contributed by atoms with Crippen LogP contribution in [0.3, 0.4) is 0 Å². The van der Waals surface area contributed by atoms with Crippen LogP contribution in [0.5, 0.6) is 11.5 Å². The van der Waals surface area contributed by atoms with Crippen LogP contribution in [0, 0.1) is 6.92 Å². The monoisotopic (exact) mass is 222 g/mol. The van der Waals surface area contributed by atoms with Gasteiger partial charge < -0.3 is 14.6 Å². The first kappa shape index (κ1) is 12.1. The second-order valence-corrected chi connectivity index (χ2v) is 3.24. The van der Waals surface area contributed by atoms with Crippen LogP contribution in [0.2, 0.25) is 0 Å². The average Bonchev–Trinajstić information content (AvgIpc) is 2.25. The number of ether oxygens (including phenoxy) is 2. The van der Waals surface area contributed by atoms with Gasteiger partial charge in [-0.05, 0) is 30.7 Å². The third-order valence-electron chi connectivity index (χ3n) is 2.12. The number of hydrogen-bond donors (Lipinski definition) is 1. The number of carboxylic acids is 1. The standard InChI is InChI=1S/C12H14O4/c1-8-6-10(15-2)7-9(12(8)16-3)4-5-11(13)14/h4-7H,1-3H3,(H,13,14)/b5-4+. The summed E-state index contributed by atoms with van der Waals surface area (Å²) in [6, 6.07) is 3.56. The van der Waals surface area contributed by atoms with Gasteiger partial charge in [-0.15, -0.1) is 0 Å². The zero-order valence-corrected chi connectivity index (χ0v) is 9.48. The van der Waals surface area contributed by atoms with Crippen molar-refractivity contribution >= 4 is 12.0 Å². The molecule has 0 radical (unpaired) electrons. The number of rotatable bonds is 4. The van der Waals surface area contributed by atoms with Crippen molar-refractivity contribution < 1.29 is 19.4 Å². The molecule has 4 heteroatoms. The van der Waals surface area contributed by atoms with Crippen molar-refractivity contribution in [2.24, 2.45) is 0 Å². The van der Waals surface area contributed by atoms with E-state index < -0.39 is 5.97 Å². The molecule has 0 bridgehead atoms. The lowest BCUT2D eigenvalue weighted by Gasteiger charge is -2.10. The number of carbonyl (C=O) groups is 1. The molecular weight excluding hydrogens is 208 g/mol. The smallest absolute Gasteiger partial charge is 0.328 e. The van der Waals surface area contributed by atoms with E-state index >= 15 is 0 Å². The van der Waals surface area contributed by atoms with Crippen LogP contribution in [0.25, 0.3) is 6.08 Å². The Balaban J connectivity index is 3.22. The summed E-state index contributed by atoms with van der Waals surface area (Å²) in [5, 5.41) is 8.58. The second kappa shape index (κ2) is 5.21. The van der Waals surface area contributed by atoms with Gasteiger partial charge in [0, 0.05) is 11.6 Å². The van der Waals surface area contributed by atoms with Crippen molar-refractivity contribution in [3.8, 4) is 11.5 Å². The van der Waals surface area contributed by atoms with Crippen molar-refractivity contribution in [3.63, 3.8) is 0 Å². The number of methoxy groups -OCH3 is 2. The first-order valence-electron chi connectivity index (χ1n) is 4.72. The molecule has 0 spiro atoms. The molecule has 4 nitrogen and oxygen atoms in total. The Bertz CT molecular complexity index is 421. The average molecular weight is 222 g/mol. The van der Waals surface area contributed by atoms with Crippen LogP contribution in [0.1, 0.15) is 11.1 Å². The van der Waals surface area contributed by atoms with Crippen LogP contribution in [-0.4, -0.2) is 25.3 Å². The van der Waals surface area contributed by atoms with Crippen LogP contribution in [0.4, 0.5) is 0 Å². The van der Waals surface area contributed by atoms with Gasteiger partial charge in [0.1, 0.15) is 11.5 Å². The van der Waals surface area contributed by atoms with E-state index in [0.29, 0.717) is 17.1 Å². The van der Waals surface area contributed by atoms with E-state index in [-0.39, 0.29) is 0 Å². The third-order valence-corrected chi connectivity index (χ3v) is 2.12. The molecule has 0 saturated carbocycles. The molecule has 0 heterocycles. The van der Waals surface area contributed by atoms with Crippen LogP contribution in [0.15, 0.2) is 18.2 Å². The summed E-state index contributed by atoms with van der Waals surface area (Å²) < 4.78 is 10.3. The summed E-state index contributed by atoms with van der Waals surface area (Å²) in [6.07, 6.45) is 2.55. The Hall–Kier alpha value is -1.97. The summed E-state index contributed by atoms with van der Waals surface area (Å²) in [6.45, 7) is 1.87. The van der Waals surface area contributed by atoms with Crippen LogP contribution >= 0.6 is 0 Å².